The van der Waals surface area contributed by atoms with E-state index < -0.39 is 0 Å². The Morgan fingerprint density at radius 1 is 0.966 bits per heavy atom. The lowest BCUT2D eigenvalue weighted by atomic mass is 10.0. The third-order valence-corrected chi connectivity index (χ3v) is 4.70. The van der Waals surface area contributed by atoms with Crippen molar-refractivity contribution in [2.24, 2.45) is 0 Å². The van der Waals surface area contributed by atoms with Gasteiger partial charge in [-0.1, -0.05) is 42.0 Å². The largest absolute Gasteiger partial charge is 0.497 e. The molecule has 0 aliphatic carbocycles. The molecule has 1 amide bonds. The molecule has 0 saturated carbocycles. The second-order valence-corrected chi connectivity index (χ2v) is 6.68. The molecule has 0 fully saturated rings. The quantitative estimate of drug-likeness (QED) is 0.535. The summed E-state index contributed by atoms with van der Waals surface area (Å²) >= 11 is 0. The molecule has 4 rings (SSSR count). The third kappa shape index (κ3) is 3.62. The molecule has 4 aromatic rings. The van der Waals surface area contributed by atoms with Gasteiger partial charge in [0.1, 0.15) is 11.3 Å². The van der Waals surface area contributed by atoms with Crippen molar-refractivity contribution in [2.45, 2.75) is 6.92 Å². The first-order chi connectivity index (χ1) is 14.1. The lowest BCUT2D eigenvalue weighted by molar-refractivity contribution is 0.102. The van der Waals surface area contributed by atoms with Crippen LogP contribution in [0.1, 0.15) is 15.9 Å². The van der Waals surface area contributed by atoms with Crippen LogP contribution in [0.3, 0.4) is 0 Å². The number of fused-ring (bicyclic) bond motifs is 1. The lowest BCUT2D eigenvalue weighted by Gasteiger charge is -2.12. The highest BCUT2D eigenvalue weighted by Gasteiger charge is 2.19. The zero-order valence-corrected chi connectivity index (χ0v) is 16.1. The summed E-state index contributed by atoms with van der Waals surface area (Å²) in [5, 5.41) is 3.21. The van der Waals surface area contributed by atoms with Crippen LogP contribution in [0, 0.1) is 6.92 Å². The molecule has 0 radical (unpaired) electrons. The SMILES string of the molecule is COc1cccc(-c2c(NC(=O)c3ccc(C)cc3)oc3ccccc3c2=O)c1. The monoisotopic (exact) mass is 385 g/mol. The van der Waals surface area contributed by atoms with Gasteiger partial charge in [-0.25, -0.2) is 0 Å². The van der Waals surface area contributed by atoms with Gasteiger partial charge in [-0.15, -0.1) is 0 Å². The predicted octanol–water partition coefficient (Wildman–Crippen LogP) is 5.03. The van der Waals surface area contributed by atoms with E-state index in [2.05, 4.69) is 5.32 Å². The van der Waals surface area contributed by atoms with Crippen LogP contribution in [0.25, 0.3) is 22.1 Å². The van der Waals surface area contributed by atoms with Crippen molar-refractivity contribution in [1.82, 2.24) is 0 Å². The Morgan fingerprint density at radius 2 is 1.72 bits per heavy atom. The van der Waals surface area contributed by atoms with E-state index in [1.54, 1.807) is 67.8 Å². The maximum absolute atomic E-state index is 13.3. The van der Waals surface area contributed by atoms with Crippen LogP contribution in [0.2, 0.25) is 0 Å². The fourth-order valence-electron chi connectivity index (χ4n) is 3.15. The average molecular weight is 385 g/mol. The van der Waals surface area contributed by atoms with Crippen LogP contribution in [-0.2, 0) is 0 Å². The van der Waals surface area contributed by atoms with Crippen molar-refractivity contribution < 1.29 is 13.9 Å². The molecule has 0 unspecified atom stereocenters. The molecular formula is C24H19NO4. The smallest absolute Gasteiger partial charge is 0.257 e. The number of benzene rings is 3. The number of hydrogen-bond acceptors (Lipinski definition) is 4. The summed E-state index contributed by atoms with van der Waals surface area (Å²) in [6.45, 7) is 1.95. The molecule has 1 aromatic heterocycles. The predicted molar refractivity (Wildman–Crippen MR) is 114 cm³/mol. The molecule has 5 nitrogen and oxygen atoms in total. The van der Waals surface area contributed by atoms with Gasteiger partial charge in [0.25, 0.3) is 5.91 Å². The molecule has 3 aromatic carbocycles. The van der Waals surface area contributed by atoms with Gasteiger partial charge in [0.15, 0.2) is 0 Å². The van der Waals surface area contributed by atoms with Gasteiger partial charge in [0.2, 0.25) is 11.3 Å². The van der Waals surface area contributed by atoms with E-state index in [0.717, 1.165) is 5.56 Å². The van der Waals surface area contributed by atoms with Gasteiger partial charge >= 0.3 is 0 Å². The van der Waals surface area contributed by atoms with Crippen LogP contribution < -0.4 is 15.5 Å². The zero-order chi connectivity index (χ0) is 20.4. The number of ether oxygens (including phenoxy) is 1. The summed E-state index contributed by atoms with van der Waals surface area (Å²) in [6, 6.07) is 21.2. The fraction of sp³-hybridized carbons (Fsp3) is 0.0833. The van der Waals surface area contributed by atoms with E-state index in [-0.39, 0.29) is 22.8 Å². The van der Waals surface area contributed by atoms with Gasteiger partial charge in [-0.3, -0.25) is 14.9 Å². The minimum absolute atomic E-state index is 0.104. The standard InChI is InChI=1S/C24H19NO4/c1-15-10-12-16(13-11-15)23(27)25-24-21(17-6-5-7-18(14-17)28-2)22(26)19-8-3-4-9-20(19)29-24/h3-14H,1-2H3,(H,25,27). The second-order valence-electron chi connectivity index (χ2n) is 6.68. The molecule has 0 bridgehead atoms. The van der Waals surface area contributed by atoms with Gasteiger partial charge in [-0.05, 0) is 48.9 Å². The number of hydrogen-bond donors (Lipinski definition) is 1. The topological polar surface area (TPSA) is 68.5 Å². The fourth-order valence-corrected chi connectivity index (χ4v) is 3.15. The number of amides is 1. The molecule has 0 aliphatic rings. The zero-order valence-electron chi connectivity index (χ0n) is 16.1. The van der Waals surface area contributed by atoms with Gasteiger partial charge < -0.3 is 9.15 Å². The van der Waals surface area contributed by atoms with Crippen molar-refractivity contribution in [1.29, 1.82) is 0 Å². The second kappa shape index (κ2) is 7.64. The van der Waals surface area contributed by atoms with E-state index in [0.29, 0.717) is 27.8 Å². The maximum atomic E-state index is 13.3. The Bertz CT molecular complexity index is 1260. The Balaban J connectivity index is 1.88. The summed E-state index contributed by atoms with van der Waals surface area (Å²) in [7, 11) is 1.56. The number of aryl methyl sites for hydroxylation is 1. The van der Waals surface area contributed by atoms with Gasteiger partial charge in [-0.2, -0.15) is 0 Å². The highest BCUT2D eigenvalue weighted by atomic mass is 16.5. The summed E-state index contributed by atoms with van der Waals surface area (Å²) < 4.78 is 11.2. The van der Waals surface area contributed by atoms with Crippen molar-refractivity contribution in [3.8, 4) is 16.9 Å². The maximum Gasteiger partial charge on any atom is 0.257 e. The number of methoxy groups -OCH3 is 1. The molecule has 5 heteroatoms. The Kier molecular flexibility index (Phi) is 4.87. The van der Waals surface area contributed by atoms with Crippen LogP contribution in [0.5, 0.6) is 5.75 Å². The number of anilines is 1. The third-order valence-electron chi connectivity index (χ3n) is 4.70. The van der Waals surface area contributed by atoms with E-state index in [1.807, 2.05) is 19.1 Å². The molecular weight excluding hydrogens is 366 g/mol. The van der Waals surface area contributed by atoms with Crippen molar-refractivity contribution >= 4 is 22.8 Å². The van der Waals surface area contributed by atoms with E-state index in [4.69, 9.17) is 9.15 Å². The molecule has 144 valence electrons. The number of rotatable bonds is 4. The molecule has 29 heavy (non-hydrogen) atoms. The van der Waals surface area contributed by atoms with Crippen molar-refractivity contribution in [3.63, 3.8) is 0 Å². The molecule has 0 atom stereocenters. The van der Waals surface area contributed by atoms with Crippen LogP contribution in [-0.4, -0.2) is 13.0 Å². The number of carbonyl (C=O) groups excluding carboxylic acids is 1. The molecule has 0 saturated heterocycles. The Hall–Kier alpha value is -3.86. The van der Waals surface area contributed by atoms with E-state index in [1.165, 1.54) is 0 Å². The van der Waals surface area contributed by atoms with Crippen molar-refractivity contribution in [2.75, 3.05) is 12.4 Å². The van der Waals surface area contributed by atoms with E-state index in [9.17, 15) is 9.59 Å². The molecule has 1 N–H and O–H groups in total. The highest BCUT2D eigenvalue weighted by Crippen LogP contribution is 2.31. The van der Waals surface area contributed by atoms with Gasteiger partial charge in [0.05, 0.1) is 18.1 Å². The van der Waals surface area contributed by atoms with E-state index >= 15 is 0 Å². The number of nitrogens with one attached hydrogen (secondary N) is 1. The molecule has 0 spiro atoms. The van der Waals surface area contributed by atoms with Gasteiger partial charge in [0, 0.05) is 5.56 Å². The first kappa shape index (κ1) is 18.5. The lowest BCUT2D eigenvalue weighted by Crippen LogP contribution is -2.16. The van der Waals surface area contributed by atoms with Crippen LogP contribution in [0.15, 0.2) is 82.0 Å². The molecule has 1 heterocycles. The summed E-state index contributed by atoms with van der Waals surface area (Å²) in [5.41, 5.74) is 2.59. The first-order valence-corrected chi connectivity index (χ1v) is 9.15. The van der Waals surface area contributed by atoms with Crippen LogP contribution in [0.4, 0.5) is 5.88 Å². The minimum Gasteiger partial charge on any atom is -0.497 e. The minimum atomic E-state index is -0.354. The Morgan fingerprint density at radius 3 is 2.48 bits per heavy atom. The summed E-state index contributed by atoms with van der Waals surface area (Å²) in [5.74, 6) is 0.353. The summed E-state index contributed by atoms with van der Waals surface area (Å²) in [4.78, 5) is 26.0. The van der Waals surface area contributed by atoms with Crippen molar-refractivity contribution in [3.05, 3.63) is 94.1 Å². The first-order valence-electron chi connectivity index (χ1n) is 9.15. The number of carbonyl (C=O) groups is 1. The summed E-state index contributed by atoms with van der Waals surface area (Å²) in [6.07, 6.45) is 0. The molecule has 0 aliphatic heterocycles. The highest BCUT2D eigenvalue weighted by molar-refractivity contribution is 6.06. The average Bonchev–Trinajstić information content (AvgIpc) is 2.74. The van der Waals surface area contributed by atoms with Crippen LogP contribution >= 0.6 is 0 Å². The number of para-hydroxylation sites is 1. The normalized spacial score (nSPS) is 10.7. The Labute approximate surface area is 167 Å².